The van der Waals surface area contributed by atoms with Gasteiger partial charge in [-0.3, -0.25) is 0 Å². The van der Waals surface area contributed by atoms with Crippen molar-refractivity contribution in [3.05, 3.63) is 59.7 Å². The molecule has 0 unspecified atom stereocenters. The van der Waals surface area contributed by atoms with Crippen LogP contribution in [0, 0.1) is 12.7 Å². The first kappa shape index (κ1) is 14.6. The van der Waals surface area contributed by atoms with Crippen LogP contribution in [-0.2, 0) is 0 Å². The van der Waals surface area contributed by atoms with Crippen LogP contribution in [0.15, 0.2) is 42.6 Å². The molecule has 1 aromatic carbocycles. The first-order valence-corrected chi connectivity index (χ1v) is 7.75. The van der Waals surface area contributed by atoms with Gasteiger partial charge in [-0.15, -0.1) is 10.2 Å². The van der Waals surface area contributed by atoms with Gasteiger partial charge < -0.3 is 10.1 Å². The summed E-state index contributed by atoms with van der Waals surface area (Å²) in [4.78, 5) is 0. The van der Waals surface area contributed by atoms with E-state index in [1.807, 2.05) is 37.4 Å². The second-order valence-electron chi connectivity index (χ2n) is 5.67. The highest BCUT2D eigenvalue weighted by molar-refractivity contribution is 5.45. The van der Waals surface area contributed by atoms with E-state index >= 15 is 0 Å². The minimum absolute atomic E-state index is 0.0588. The van der Waals surface area contributed by atoms with Gasteiger partial charge in [0.2, 0.25) is 0 Å². The number of nitrogens with one attached hydrogen (secondary N) is 1. The van der Waals surface area contributed by atoms with Gasteiger partial charge in [-0.1, -0.05) is 12.1 Å². The summed E-state index contributed by atoms with van der Waals surface area (Å²) in [5.74, 6) is 1.25. The number of benzene rings is 1. The van der Waals surface area contributed by atoms with Gasteiger partial charge in [0.1, 0.15) is 5.82 Å². The number of aryl methyl sites for hydroxylation is 1. The molecule has 0 fully saturated rings. The van der Waals surface area contributed by atoms with Gasteiger partial charge in [0.25, 0.3) is 0 Å². The third-order valence-corrected chi connectivity index (χ3v) is 3.96. The Morgan fingerprint density at radius 2 is 2.12 bits per heavy atom. The zero-order chi connectivity index (χ0) is 16.5. The lowest BCUT2D eigenvalue weighted by Gasteiger charge is -2.27. The lowest BCUT2D eigenvalue weighted by Crippen LogP contribution is -2.21. The summed E-state index contributed by atoms with van der Waals surface area (Å²) in [6, 6.07) is 10.5. The lowest BCUT2D eigenvalue weighted by atomic mass is 10.0. The quantitative estimate of drug-likeness (QED) is 0.802. The molecular weight excluding hydrogens is 309 g/mol. The number of aromatic nitrogens is 4. The van der Waals surface area contributed by atoms with E-state index in [0.717, 1.165) is 17.7 Å². The predicted molar refractivity (Wildman–Crippen MR) is 86.8 cm³/mol. The number of fused-ring (bicyclic) bond motifs is 1. The van der Waals surface area contributed by atoms with E-state index in [1.165, 1.54) is 6.07 Å². The largest absolute Gasteiger partial charge is 0.490 e. The van der Waals surface area contributed by atoms with Crippen LogP contribution in [-0.4, -0.2) is 26.6 Å². The molecule has 24 heavy (non-hydrogen) atoms. The van der Waals surface area contributed by atoms with Crippen molar-refractivity contribution in [2.45, 2.75) is 19.4 Å². The molecule has 1 aliphatic rings. The molecule has 6 nitrogen and oxygen atoms in total. The van der Waals surface area contributed by atoms with E-state index in [0.29, 0.717) is 24.0 Å². The molecule has 1 N–H and O–H groups in total. The third-order valence-electron chi connectivity index (χ3n) is 3.96. The van der Waals surface area contributed by atoms with Crippen LogP contribution in [0.3, 0.4) is 0 Å². The molecule has 1 atom stereocenters. The molecular formula is C17H16FN5O. The lowest BCUT2D eigenvalue weighted by molar-refractivity contribution is 0.260. The second-order valence-corrected chi connectivity index (χ2v) is 5.67. The summed E-state index contributed by atoms with van der Waals surface area (Å²) >= 11 is 0. The number of para-hydroxylation sites is 1. The fourth-order valence-electron chi connectivity index (χ4n) is 2.78. The first-order chi connectivity index (χ1) is 11.7. The number of ether oxygens (including phenoxy) is 1. The summed E-state index contributed by atoms with van der Waals surface area (Å²) in [5.41, 5.74) is 1.72. The summed E-state index contributed by atoms with van der Waals surface area (Å²) < 4.78 is 20.9. The third kappa shape index (κ3) is 2.68. The van der Waals surface area contributed by atoms with Gasteiger partial charge in [-0.2, -0.15) is 5.10 Å². The number of hydrogen-bond acceptors (Lipinski definition) is 5. The molecule has 7 heteroatoms. The van der Waals surface area contributed by atoms with Gasteiger partial charge in [0.15, 0.2) is 17.4 Å². The summed E-state index contributed by atoms with van der Waals surface area (Å²) in [5, 5.41) is 16.0. The van der Waals surface area contributed by atoms with Gasteiger partial charge in [0.05, 0.1) is 18.3 Å². The Morgan fingerprint density at radius 3 is 2.88 bits per heavy atom. The van der Waals surface area contributed by atoms with Crippen molar-refractivity contribution in [3.63, 3.8) is 0 Å². The molecule has 0 radical (unpaired) electrons. The smallest absolute Gasteiger partial charge is 0.175 e. The van der Waals surface area contributed by atoms with Crippen molar-refractivity contribution >= 4 is 5.82 Å². The summed E-state index contributed by atoms with van der Waals surface area (Å²) in [6.07, 6.45) is 2.57. The Kier molecular flexibility index (Phi) is 3.60. The van der Waals surface area contributed by atoms with E-state index in [2.05, 4.69) is 20.6 Å². The standard InChI is InChI=1S/C17H16FN5O/c1-11-7-9-23(22-11)16-6-5-15(20-21-16)19-14-8-10-24-17-12(14)3-2-4-13(17)18/h2-7,9,14H,8,10H2,1H3,(H,19,20)/t14-/m0/s1. The Bertz CT molecular complexity index is 862. The highest BCUT2D eigenvalue weighted by atomic mass is 19.1. The first-order valence-electron chi connectivity index (χ1n) is 7.75. The van der Waals surface area contributed by atoms with E-state index < -0.39 is 0 Å². The zero-order valence-electron chi connectivity index (χ0n) is 13.1. The van der Waals surface area contributed by atoms with Crippen molar-refractivity contribution in [2.24, 2.45) is 0 Å². The highest BCUT2D eigenvalue weighted by Crippen LogP contribution is 2.35. The minimum Gasteiger partial charge on any atom is -0.490 e. The van der Waals surface area contributed by atoms with Crippen LogP contribution < -0.4 is 10.1 Å². The van der Waals surface area contributed by atoms with E-state index in [4.69, 9.17) is 4.74 Å². The Morgan fingerprint density at radius 1 is 1.21 bits per heavy atom. The van der Waals surface area contributed by atoms with Crippen molar-refractivity contribution in [3.8, 4) is 11.6 Å². The van der Waals surface area contributed by atoms with Crippen molar-refractivity contribution in [1.82, 2.24) is 20.0 Å². The van der Waals surface area contributed by atoms with Gasteiger partial charge in [-0.25, -0.2) is 9.07 Å². The molecule has 0 aliphatic carbocycles. The number of anilines is 1. The molecule has 0 bridgehead atoms. The van der Waals surface area contributed by atoms with Gasteiger partial charge in [0, 0.05) is 18.2 Å². The highest BCUT2D eigenvalue weighted by Gasteiger charge is 2.24. The van der Waals surface area contributed by atoms with Crippen LogP contribution in [0.25, 0.3) is 5.82 Å². The predicted octanol–water partition coefficient (Wildman–Crippen LogP) is 3.05. The minimum atomic E-state index is -0.338. The Hall–Kier alpha value is -2.96. The van der Waals surface area contributed by atoms with Crippen molar-refractivity contribution in [2.75, 3.05) is 11.9 Å². The molecule has 1 aliphatic heterocycles. The maximum atomic E-state index is 13.8. The number of halogens is 1. The second kappa shape index (κ2) is 5.92. The molecule has 0 saturated heterocycles. The number of nitrogens with zero attached hydrogens (tertiary/aromatic N) is 4. The van der Waals surface area contributed by atoms with Crippen LogP contribution in [0.5, 0.6) is 5.75 Å². The summed E-state index contributed by atoms with van der Waals surface area (Å²) in [6.45, 7) is 2.38. The Balaban J connectivity index is 1.55. The topological polar surface area (TPSA) is 64.9 Å². The van der Waals surface area contributed by atoms with Crippen LogP contribution in [0.1, 0.15) is 23.7 Å². The molecule has 4 rings (SSSR count). The van der Waals surface area contributed by atoms with Crippen LogP contribution in [0.2, 0.25) is 0 Å². The van der Waals surface area contributed by atoms with E-state index in [-0.39, 0.29) is 11.9 Å². The maximum absolute atomic E-state index is 13.8. The van der Waals surface area contributed by atoms with Gasteiger partial charge >= 0.3 is 0 Å². The van der Waals surface area contributed by atoms with E-state index in [9.17, 15) is 4.39 Å². The normalized spacial score (nSPS) is 16.3. The molecule has 3 aromatic rings. The fraction of sp³-hybridized carbons (Fsp3) is 0.235. The van der Waals surface area contributed by atoms with Crippen molar-refractivity contribution < 1.29 is 9.13 Å². The van der Waals surface area contributed by atoms with Gasteiger partial charge in [-0.05, 0) is 31.2 Å². The molecule has 122 valence electrons. The van der Waals surface area contributed by atoms with Crippen LogP contribution >= 0.6 is 0 Å². The molecule has 0 amide bonds. The zero-order valence-corrected chi connectivity index (χ0v) is 13.1. The number of rotatable bonds is 3. The molecule has 0 spiro atoms. The number of hydrogen-bond donors (Lipinski definition) is 1. The van der Waals surface area contributed by atoms with E-state index in [1.54, 1.807) is 10.7 Å². The SMILES string of the molecule is Cc1ccn(-c2ccc(N[C@H]3CCOc4c(F)cccc43)nn2)n1. The fourth-order valence-corrected chi connectivity index (χ4v) is 2.78. The molecule has 0 saturated carbocycles. The molecule has 3 heterocycles. The van der Waals surface area contributed by atoms with Crippen molar-refractivity contribution in [1.29, 1.82) is 0 Å². The summed E-state index contributed by atoms with van der Waals surface area (Å²) in [7, 11) is 0. The maximum Gasteiger partial charge on any atom is 0.175 e. The Labute approximate surface area is 138 Å². The van der Waals surface area contributed by atoms with Crippen LogP contribution in [0.4, 0.5) is 10.2 Å². The molecule has 2 aromatic heterocycles. The monoisotopic (exact) mass is 325 g/mol. The average molecular weight is 325 g/mol. The average Bonchev–Trinajstić information content (AvgIpc) is 3.03.